The van der Waals surface area contributed by atoms with Crippen LogP contribution in [0.2, 0.25) is 5.15 Å². The first-order chi connectivity index (χ1) is 9.58. The lowest BCUT2D eigenvalue weighted by Gasteiger charge is -2.26. The summed E-state index contributed by atoms with van der Waals surface area (Å²) in [5.74, 6) is 1.55. The number of hydrogen-bond donors (Lipinski definition) is 2. The van der Waals surface area contributed by atoms with E-state index in [0.29, 0.717) is 22.5 Å². The molecule has 0 atom stereocenters. The first kappa shape index (κ1) is 15.3. The molecule has 0 amide bonds. The van der Waals surface area contributed by atoms with Crippen LogP contribution in [0.15, 0.2) is 0 Å². The van der Waals surface area contributed by atoms with E-state index in [4.69, 9.17) is 22.1 Å². The Morgan fingerprint density at radius 2 is 2.05 bits per heavy atom. The molecule has 1 fully saturated rings. The van der Waals surface area contributed by atoms with Crippen molar-refractivity contribution < 1.29 is 4.74 Å². The van der Waals surface area contributed by atoms with Crippen molar-refractivity contribution in [2.75, 3.05) is 50.4 Å². The van der Waals surface area contributed by atoms with Crippen molar-refractivity contribution in [1.82, 2.24) is 14.9 Å². The molecule has 1 aromatic rings. The molecular weight excluding hydrogens is 278 g/mol. The largest absolute Gasteiger partial charge is 0.393 e. The number of nitrogen functional groups attached to an aromatic ring is 1. The van der Waals surface area contributed by atoms with Gasteiger partial charge in [-0.3, -0.25) is 4.90 Å². The second kappa shape index (κ2) is 7.06. The molecule has 0 unspecified atom stereocenters. The Morgan fingerprint density at radius 1 is 1.35 bits per heavy atom. The minimum absolute atomic E-state index is 0.216. The van der Waals surface area contributed by atoms with Crippen LogP contribution in [0.4, 0.5) is 11.5 Å². The molecule has 1 aromatic heterocycles. The van der Waals surface area contributed by atoms with E-state index in [1.54, 1.807) is 0 Å². The van der Waals surface area contributed by atoms with Gasteiger partial charge in [0, 0.05) is 32.1 Å². The second-order valence-electron chi connectivity index (χ2n) is 5.17. The van der Waals surface area contributed by atoms with Gasteiger partial charge in [-0.05, 0) is 0 Å². The van der Waals surface area contributed by atoms with Gasteiger partial charge in [0.1, 0.15) is 11.5 Å². The smallest absolute Gasteiger partial charge is 0.157 e. The number of hydrogen-bond acceptors (Lipinski definition) is 6. The van der Waals surface area contributed by atoms with Crippen LogP contribution in [0.1, 0.15) is 25.6 Å². The fourth-order valence-corrected chi connectivity index (χ4v) is 2.18. The summed E-state index contributed by atoms with van der Waals surface area (Å²) in [7, 11) is 0. The molecule has 0 bridgehead atoms. The van der Waals surface area contributed by atoms with E-state index in [-0.39, 0.29) is 5.92 Å². The van der Waals surface area contributed by atoms with Crippen molar-refractivity contribution in [3.05, 3.63) is 11.0 Å². The van der Waals surface area contributed by atoms with Crippen LogP contribution in [0.3, 0.4) is 0 Å². The van der Waals surface area contributed by atoms with Gasteiger partial charge in [-0.25, -0.2) is 9.97 Å². The summed E-state index contributed by atoms with van der Waals surface area (Å²) in [6.45, 7) is 9.31. The average molecular weight is 300 g/mol. The molecule has 6 nitrogen and oxygen atoms in total. The third-order valence-electron chi connectivity index (χ3n) is 3.26. The molecule has 3 N–H and O–H groups in total. The highest BCUT2D eigenvalue weighted by atomic mass is 35.5. The van der Waals surface area contributed by atoms with Crippen LogP contribution >= 0.6 is 11.6 Å². The molecule has 1 aliphatic heterocycles. The van der Waals surface area contributed by atoms with Crippen molar-refractivity contribution in [2.45, 2.75) is 19.8 Å². The minimum atomic E-state index is 0.216. The second-order valence-corrected chi connectivity index (χ2v) is 5.53. The third kappa shape index (κ3) is 3.94. The Balaban J connectivity index is 1.94. The van der Waals surface area contributed by atoms with E-state index < -0.39 is 0 Å². The Labute approximate surface area is 124 Å². The Bertz CT molecular complexity index is 449. The van der Waals surface area contributed by atoms with Gasteiger partial charge in [0.05, 0.1) is 13.2 Å². The lowest BCUT2D eigenvalue weighted by molar-refractivity contribution is 0.0398. The number of nitrogens with two attached hydrogens (primary N) is 1. The number of nitrogens with zero attached hydrogens (tertiary/aromatic N) is 3. The topological polar surface area (TPSA) is 76.3 Å². The van der Waals surface area contributed by atoms with E-state index in [1.165, 1.54) is 0 Å². The maximum absolute atomic E-state index is 6.05. The molecule has 2 rings (SSSR count). The number of ether oxygens (including phenoxy) is 1. The highest BCUT2D eigenvalue weighted by Gasteiger charge is 2.13. The zero-order valence-corrected chi connectivity index (χ0v) is 12.8. The fraction of sp³-hybridized carbons (Fsp3) is 0.692. The molecule has 7 heteroatoms. The summed E-state index contributed by atoms with van der Waals surface area (Å²) in [5, 5.41) is 3.57. The van der Waals surface area contributed by atoms with Gasteiger partial charge in [-0.2, -0.15) is 0 Å². The summed E-state index contributed by atoms with van der Waals surface area (Å²) in [6.07, 6.45) is 0. The Hall–Kier alpha value is -1.11. The molecule has 2 heterocycles. The Kier molecular flexibility index (Phi) is 5.39. The van der Waals surface area contributed by atoms with Gasteiger partial charge < -0.3 is 15.8 Å². The van der Waals surface area contributed by atoms with Gasteiger partial charge >= 0.3 is 0 Å². The molecule has 0 aromatic carbocycles. The van der Waals surface area contributed by atoms with Gasteiger partial charge in [0.25, 0.3) is 0 Å². The van der Waals surface area contributed by atoms with E-state index in [2.05, 4.69) is 20.2 Å². The van der Waals surface area contributed by atoms with Crippen LogP contribution < -0.4 is 11.1 Å². The summed E-state index contributed by atoms with van der Waals surface area (Å²) >= 11 is 6.05. The molecule has 1 saturated heterocycles. The summed E-state index contributed by atoms with van der Waals surface area (Å²) in [4.78, 5) is 11.0. The van der Waals surface area contributed by atoms with Crippen molar-refractivity contribution in [3.63, 3.8) is 0 Å². The monoisotopic (exact) mass is 299 g/mol. The van der Waals surface area contributed by atoms with Crippen molar-refractivity contribution in [2.24, 2.45) is 0 Å². The molecule has 0 aliphatic carbocycles. The maximum atomic E-state index is 6.05. The molecular formula is C13H22ClN5O. The molecule has 0 saturated carbocycles. The van der Waals surface area contributed by atoms with Crippen LogP contribution in [0.5, 0.6) is 0 Å². The highest BCUT2D eigenvalue weighted by molar-refractivity contribution is 6.32. The lowest BCUT2D eigenvalue weighted by Crippen LogP contribution is -2.39. The minimum Gasteiger partial charge on any atom is -0.393 e. The van der Waals surface area contributed by atoms with Gasteiger partial charge in [0.15, 0.2) is 11.0 Å². The Morgan fingerprint density at radius 3 is 2.70 bits per heavy atom. The van der Waals surface area contributed by atoms with Gasteiger partial charge in [0.2, 0.25) is 0 Å². The maximum Gasteiger partial charge on any atom is 0.157 e. The quantitative estimate of drug-likeness (QED) is 0.804. The van der Waals surface area contributed by atoms with E-state index in [0.717, 1.165) is 39.4 Å². The molecule has 112 valence electrons. The molecule has 20 heavy (non-hydrogen) atoms. The molecule has 1 aliphatic rings. The van der Waals surface area contributed by atoms with Gasteiger partial charge in [-0.1, -0.05) is 25.4 Å². The zero-order valence-electron chi connectivity index (χ0n) is 12.0. The summed E-state index contributed by atoms with van der Waals surface area (Å²) in [6, 6.07) is 0. The van der Waals surface area contributed by atoms with Crippen molar-refractivity contribution in [1.29, 1.82) is 0 Å². The lowest BCUT2D eigenvalue weighted by atomic mass is 10.2. The summed E-state index contributed by atoms with van der Waals surface area (Å²) < 4.78 is 5.32. The average Bonchev–Trinajstić information content (AvgIpc) is 2.44. The van der Waals surface area contributed by atoms with Crippen LogP contribution in [0.25, 0.3) is 0 Å². The van der Waals surface area contributed by atoms with Crippen molar-refractivity contribution in [3.8, 4) is 0 Å². The van der Waals surface area contributed by atoms with E-state index in [9.17, 15) is 0 Å². The summed E-state index contributed by atoms with van der Waals surface area (Å²) in [5.41, 5.74) is 6.33. The van der Waals surface area contributed by atoms with Gasteiger partial charge in [-0.15, -0.1) is 0 Å². The number of aromatic nitrogens is 2. The standard InChI is InChI=1S/C13H22ClN5O/c1-9(2)12-17-11(14)10(15)13(18-12)16-3-4-19-5-7-20-8-6-19/h9H,3-8,15H2,1-2H3,(H,16,17,18). The van der Waals surface area contributed by atoms with Crippen molar-refractivity contribution >= 4 is 23.1 Å². The number of anilines is 2. The van der Waals surface area contributed by atoms with E-state index >= 15 is 0 Å². The number of morpholine rings is 1. The predicted molar refractivity (Wildman–Crippen MR) is 81.3 cm³/mol. The first-order valence-corrected chi connectivity index (χ1v) is 7.32. The highest BCUT2D eigenvalue weighted by Crippen LogP contribution is 2.25. The third-order valence-corrected chi connectivity index (χ3v) is 3.55. The van der Waals surface area contributed by atoms with Crippen LogP contribution in [0, 0.1) is 0 Å². The van der Waals surface area contributed by atoms with Crippen LogP contribution in [-0.4, -0.2) is 54.3 Å². The molecule has 0 radical (unpaired) electrons. The normalized spacial score (nSPS) is 16.6. The zero-order chi connectivity index (χ0) is 14.5. The number of nitrogens with one attached hydrogen (secondary N) is 1. The molecule has 0 spiro atoms. The van der Waals surface area contributed by atoms with E-state index in [1.807, 2.05) is 13.8 Å². The predicted octanol–water partition coefficient (Wildman–Crippen LogP) is 1.58. The van der Waals surface area contributed by atoms with Crippen LogP contribution in [-0.2, 0) is 4.74 Å². The number of halogens is 1. The number of rotatable bonds is 5. The first-order valence-electron chi connectivity index (χ1n) is 6.95. The fourth-order valence-electron chi connectivity index (χ4n) is 2.01. The SMILES string of the molecule is CC(C)c1nc(Cl)c(N)c(NCCN2CCOCC2)n1.